The number of hydrogen-bond donors (Lipinski definition) is 1. The SMILES string of the molecule is O=c1cc(Cl)[nH]n1Cl. The summed E-state index contributed by atoms with van der Waals surface area (Å²) in [6.07, 6.45) is 0. The maximum absolute atomic E-state index is 10.4. The fraction of sp³-hybridized carbons (Fsp3) is 0. The molecular formula is C3H2Cl2N2O. The quantitative estimate of drug-likeness (QED) is 0.588. The van der Waals surface area contributed by atoms with Gasteiger partial charge in [-0.2, -0.15) is 4.20 Å². The van der Waals surface area contributed by atoms with Crippen molar-refractivity contribution in [1.82, 2.24) is 9.30 Å². The molecule has 0 spiro atoms. The Kier molecular flexibility index (Phi) is 1.31. The van der Waals surface area contributed by atoms with Crippen molar-refractivity contribution in [2.24, 2.45) is 0 Å². The molecule has 0 atom stereocenters. The number of hydrogen-bond acceptors (Lipinski definition) is 1. The summed E-state index contributed by atoms with van der Waals surface area (Å²) in [5, 5.41) is 2.58. The molecule has 0 aliphatic carbocycles. The maximum Gasteiger partial charge on any atom is 0.283 e. The molecule has 1 N–H and O–H groups in total. The van der Waals surface area contributed by atoms with Crippen molar-refractivity contribution in [1.29, 1.82) is 0 Å². The molecule has 0 saturated carbocycles. The third-order valence-corrected chi connectivity index (χ3v) is 1.09. The van der Waals surface area contributed by atoms with E-state index in [1.165, 1.54) is 6.07 Å². The molecule has 0 fully saturated rings. The van der Waals surface area contributed by atoms with Gasteiger partial charge in [-0.1, -0.05) is 11.6 Å². The minimum absolute atomic E-state index is 0.241. The molecule has 0 aliphatic rings. The van der Waals surface area contributed by atoms with Crippen LogP contribution in [0.2, 0.25) is 5.15 Å². The lowest BCUT2D eigenvalue weighted by Gasteiger charge is -1.77. The van der Waals surface area contributed by atoms with Gasteiger partial charge in [0.05, 0.1) is 0 Å². The van der Waals surface area contributed by atoms with Crippen LogP contribution in [0.5, 0.6) is 0 Å². The maximum atomic E-state index is 10.4. The fourth-order valence-corrected chi connectivity index (χ4v) is 0.707. The second kappa shape index (κ2) is 1.84. The highest BCUT2D eigenvalue weighted by atomic mass is 35.5. The van der Waals surface area contributed by atoms with Gasteiger partial charge in [-0.25, -0.2) is 0 Å². The van der Waals surface area contributed by atoms with Crippen molar-refractivity contribution in [3.05, 3.63) is 21.6 Å². The van der Waals surface area contributed by atoms with Crippen LogP contribution >= 0.6 is 23.4 Å². The molecule has 0 saturated heterocycles. The average molecular weight is 153 g/mol. The van der Waals surface area contributed by atoms with Crippen molar-refractivity contribution < 1.29 is 0 Å². The summed E-state index contributed by atoms with van der Waals surface area (Å²) in [5.74, 6) is 0. The van der Waals surface area contributed by atoms with E-state index in [0.717, 1.165) is 4.20 Å². The monoisotopic (exact) mass is 152 g/mol. The van der Waals surface area contributed by atoms with Crippen LogP contribution in [0.3, 0.4) is 0 Å². The predicted molar refractivity (Wildman–Crippen MR) is 31.3 cm³/mol. The van der Waals surface area contributed by atoms with Crippen LogP contribution in [0.25, 0.3) is 0 Å². The van der Waals surface area contributed by atoms with E-state index in [0.29, 0.717) is 0 Å². The van der Waals surface area contributed by atoms with E-state index >= 15 is 0 Å². The highest BCUT2D eigenvalue weighted by Gasteiger charge is 1.93. The smallest absolute Gasteiger partial charge is 0.269 e. The van der Waals surface area contributed by atoms with Crippen LogP contribution in [0.4, 0.5) is 0 Å². The van der Waals surface area contributed by atoms with Gasteiger partial charge in [0, 0.05) is 17.8 Å². The van der Waals surface area contributed by atoms with Crippen molar-refractivity contribution in [3.63, 3.8) is 0 Å². The summed E-state index contributed by atoms with van der Waals surface area (Å²) < 4.78 is 0.780. The molecular weight excluding hydrogens is 151 g/mol. The van der Waals surface area contributed by atoms with Gasteiger partial charge in [0.2, 0.25) is 0 Å². The average Bonchev–Trinajstić information content (AvgIpc) is 1.85. The van der Waals surface area contributed by atoms with Gasteiger partial charge in [0.1, 0.15) is 5.15 Å². The lowest BCUT2D eigenvalue weighted by Crippen LogP contribution is -2.04. The van der Waals surface area contributed by atoms with Gasteiger partial charge in [-0.05, 0) is 0 Å². The number of nitrogens with zero attached hydrogens (tertiary/aromatic N) is 1. The van der Waals surface area contributed by atoms with E-state index in [1.54, 1.807) is 0 Å². The van der Waals surface area contributed by atoms with E-state index in [1.807, 2.05) is 0 Å². The lowest BCUT2D eigenvalue weighted by molar-refractivity contribution is 0.959. The molecule has 0 aliphatic heterocycles. The van der Waals surface area contributed by atoms with Crippen LogP contribution in [0.1, 0.15) is 0 Å². The first-order valence-electron chi connectivity index (χ1n) is 1.84. The molecule has 1 aromatic heterocycles. The molecule has 0 unspecified atom stereocenters. The van der Waals surface area contributed by atoms with Gasteiger partial charge in [-0.15, -0.1) is 0 Å². The van der Waals surface area contributed by atoms with Crippen molar-refractivity contribution in [2.45, 2.75) is 0 Å². The number of nitrogens with one attached hydrogen (secondary N) is 1. The zero-order valence-electron chi connectivity index (χ0n) is 3.69. The van der Waals surface area contributed by atoms with Gasteiger partial charge in [0.15, 0.2) is 0 Å². The van der Waals surface area contributed by atoms with Gasteiger partial charge in [0.25, 0.3) is 5.56 Å². The first-order valence-corrected chi connectivity index (χ1v) is 2.55. The molecule has 1 heterocycles. The van der Waals surface area contributed by atoms with Gasteiger partial charge < -0.3 is 0 Å². The molecule has 8 heavy (non-hydrogen) atoms. The van der Waals surface area contributed by atoms with E-state index < -0.39 is 0 Å². The first kappa shape index (κ1) is 5.72. The topological polar surface area (TPSA) is 37.8 Å². The molecule has 0 amide bonds. The second-order valence-corrected chi connectivity index (χ2v) is 1.97. The van der Waals surface area contributed by atoms with Crippen LogP contribution < -0.4 is 5.56 Å². The first-order chi connectivity index (χ1) is 3.70. The fourth-order valence-electron chi connectivity index (χ4n) is 0.346. The zero-order valence-corrected chi connectivity index (χ0v) is 5.20. The molecule has 0 aromatic carbocycles. The third-order valence-electron chi connectivity index (χ3n) is 0.649. The van der Waals surface area contributed by atoms with Gasteiger partial charge in [-0.3, -0.25) is 9.89 Å². The number of rotatable bonds is 0. The summed E-state index contributed by atoms with van der Waals surface area (Å²) in [6.45, 7) is 0. The lowest BCUT2D eigenvalue weighted by atomic mass is 10.7. The second-order valence-electron chi connectivity index (χ2n) is 1.22. The summed E-state index contributed by atoms with van der Waals surface area (Å²) in [7, 11) is 0. The number of aromatic nitrogens is 2. The van der Waals surface area contributed by atoms with E-state index in [2.05, 4.69) is 5.10 Å². The molecule has 44 valence electrons. The van der Waals surface area contributed by atoms with Crippen LogP contribution in [-0.2, 0) is 0 Å². The molecule has 0 bridgehead atoms. The Bertz CT molecular complexity index is 238. The number of H-pyrrole nitrogens is 1. The highest BCUT2D eigenvalue weighted by Crippen LogP contribution is 1.97. The Labute approximate surface area is 54.9 Å². The Morgan fingerprint density at radius 3 is 2.50 bits per heavy atom. The molecule has 1 rings (SSSR count). The van der Waals surface area contributed by atoms with Crippen molar-refractivity contribution >= 4 is 23.4 Å². The predicted octanol–water partition coefficient (Wildman–Crippen LogP) is 0.832. The van der Waals surface area contributed by atoms with E-state index in [-0.39, 0.29) is 10.7 Å². The molecule has 5 heteroatoms. The number of aromatic amines is 1. The van der Waals surface area contributed by atoms with E-state index in [4.69, 9.17) is 23.4 Å². The molecule has 1 aromatic rings. The Balaban J connectivity index is 3.35. The summed E-state index contributed by atoms with van der Waals surface area (Å²) in [4.78, 5) is 10.4. The summed E-state index contributed by atoms with van der Waals surface area (Å²) in [6, 6.07) is 1.19. The standard InChI is InChI=1S/C3H2Cl2N2O/c4-2-1-3(8)7(5)6-2/h1,6H. The summed E-state index contributed by atoms with van der Waals surface area (Å²) in [5.41, 5.74) is -0.350. The highest BCUT2D eigenvalue weighted by molar-refractivity contribution is 6.29. The Morgan fingerprint density at radius 1 is 1.75 bits per heavy atom. The summed E-state index contributed by atoms with van der Waals surface area (Å²) >= 11 is 10.5. The molecule has 0 radical (unpaired) electrons. The minimum Gasteiger partial charge on any atom is -0.269 e. The minimum atomic E-state index is -0.350. The third kappa shape index (κ3) is 0.877. The number of halogens is 2. The Hall–Kier alpha value is -0.410. The normalized spacial score (nSPS) is 9.75. The van der Waals surface area contributed by atoms with Crippen LogP contribution in [0.15, 0.2) is 10.9 Å². The van der Waals surface area contributed by atoms with Crippen LogP contribution in [-0.4, -0.2) is 9.30 Å². The largest absolute Gasteiger partial charge is 0.283 e. The Morgan fingerprint density at radius 2 is 2.38 bits per heavy atom. The van der Waals surface area contributed by atoms with Crippen LogP contribution in [0, 0.1) is 0 Å². The van der Waals surface area contributed by atoms with Gasteiger partial charge >= 0.3 is 0 Å². The van der Waals surface area contributed by atoms with Crippen molar-refractivity contribution in [3.8, 4) is 0 Å². The molecule has 3 nitrogen and oxygen atoms in total. The zero-order chi connectivity index (χ0) is 6.15. The van der Waals surface area contributed by atoms with E-state index in [9.17, 15) is 4.79 Å². The van der Waals surface area contributed by atoms with Crippen molar-refractivity contribution in [2.75, 3.05) is 0 Å².